The molecule has 0 saturated carbocycles. The third-order valence-corrected chi connectivity index (χ3v) is 8.10. The molecule has 6 aromatic rings. The van der Waals surface area contributed by atoms with Gasteiger partial charge < -0.3 is 9.47 Å². The van der Waals surface area contributed by atoms with Crippen LogP contribution < -0.4 is 9.47 Å². The number of allylic oxidation sites excluding steroid dienone is 1. The molecule has 0 unspecified atom stereocenters. The van der Waals surface area contributed by atoms with E-state index in [4.69, 9.17) is 9.47 Å². The molecule has 0 spiro atoms. The lowest BCUT2D eigenvalue weighted by atomic mass is 9.99. The van der Waals surface area contributed by atoms with E-state index in [1.165, 1.54) is 26.5 Å². The predicted octanol–water partition coefficient (Wildman–Crippen LogP) is 11.8. The molecule has 0 aliphatic carbocycles. The molecule has 0 radical (unpaired) electrons. The number of rotatable bonds is 9. The summed E-state index contributed by atoms with van der Waals surface area (Å²) in [7, 11) is 0. The molecular formula is C40H32O2S. The summed E-state index contributed by atoms with van der Waals surface area (Å²) in [6.07, 6.45) is 4.49. The summed E-state index contributed by atoms with van der Waals surface area (Å²) < 4.78 is 12.0. The molecule has 1 aromatic heterocycles. The van der Waals surface area contributed by atoms with Crippen LogP contribution in [0.25, 0.3) is 23.3 Å². The molecular weight excluding hydrogens is 545 g/mol. The molecule has 0 atom stereocenters. The molecule has 3 heteroatoms. The third kappa shape index (κ3) is 7.40. The van der Waals surface area contributed by atoms with Crippen LogP contribution in [0, 0.1) is 6.92 Å². The second-order valence-corrected chi connectivity index (χ2v) is 11.6. The highest BCUT2D eigenvalue weighted by molar-refractivity contribution is 7.13. The molecule has 0 fully saturated rings. The van der Waals surface area contributed by atoms with Crippen molar-refractivity contribution in [3.05, 3.63) is 178 Å². The summed E-state index contributed by atoms with van der Waals surface area (Å²) >= 11 is 1.81. The fourth-order valence-electron chi connectivity index (χ4n) is 4.80. The van der Waals surface area contributed by atoms with Crippen molar-refractivity contribution < 1.29 is 9.47 Å². The molecule has 5 aromatic carbocycles. The summed E-state index contributed by atoms with van der Waals surface area (Å²) in [5, 5.41) is 0. The number of hydrogen-bond acceptors (Lipinski definition) is 3. The molecule has 0 saturated heterocycles. The smallest absolute Gasteiger partial charge is 0.127 e. The van der Waals surface area contributed by atoms with Crippen molar-refractivity contribution in [3.63, 3.8) is 0 Å². The van der Waals surface area contributed by atoms with Gasteiger partial charge in [-0.1, -0.05) is 91.0 Å². The molecule has 6 rings (SSSR count). The Bertz CT molecular complexity index is 1830. The molecule has 0 aliphatic heterocycles. The molecule has 2 nitrogen and oxygen atoms in total. The lowest BCUT2D eigenvalue weighted by Gasteiger charge is -2.10. The monoisotopic (exact) mass is 576 g/mol. The van der Waals surface area contributed by atoms with E-state index >= 15 is 0 Å². The van der Waals surface area contributed by atoms with Crippen molar-refractivity contribution in [2.75, 3.05) is 0 Å². The van der Waals surface area contributed by atoms with Crippen LogP contribution >= 0.6 is 11.3 Å². The fraction of sp³-hybridized carbons (Fsp3) is 0.0500. The Labute approximate surface area is 257 Å². The molecule has 0 amide bonds. The number of hydrogen-bond donors (Lipinski definition) is 0. The maximum Gasteiger partial charge on any atom is 0.127 e. The van der Waals surface area contributed by atoms with Gasteiger partial charge in [-0.3, -0.25) is 0 Å². The Morgan fingerprint density at radius 1 is 0.488 bits per heavy atom. The number of aryl methyl sites for hydroxylation is 1. The van der Waals surface area contributed by atoms with Gasteiger partial charge in [0.25, 0.3) is 0 Å². The number of benzene rings is 5. The average Bonchev–Trinajstić information content (AvgIpc) is 3.48. The van der Waals surface area contributed by atoms with E-state index in [-0.39, 0.29) is 0 Å². The standard InChI is InChI=1S/C40H32O2S/c1-29(33-18-22-37(23-19-33)41-35-9-5-3-6-10-35)27-31-14-16-32(17-15-31)28-39(40-26-13-30(2)43-40)34-20-24-38(25-21-34)42-36-11-7-4-8-12-36/h3-28H,1-2H3/b29-27-,39-28+. The van der Waals surface area contributed by atoms with Crippen LogP contribution in [0.3, 0.4) is 0 Å². The van der Waals surface area contributed by atoms with Gasteiger partial charge in [0.05, 0.1) is 0 Å². The van der Waals surface area contributed by atoms with E-state index in [0.29, 0.717) is 0 Å². The van der Waals surface area contributed by atoms with Crippen LogP contribution in [0.5, 0.6) is 23.0 Å². The maximum absolute atomic E-state index is 6.02. The average molecular weight is 577 g/mol. The lowest BCUT2D eigenvalue weighted by molar-refractivity contribution is 0.482. The van der Waals surface area contributed by atoms with Crippen molar-refractivity contribution in [2.24, 2.45) is 0 Å². The van der Waals surface area contributed by atoms with Gasteiger partial charge in [0, 0.05) is 9.75 Å². The van der Waals surface area contributed by atoms with Crippen molar-refractivity contribution in [1.29, 1.82) is 0 Å². The maximum atomic E-state index is 6.02. The summed E-state index contributed by atoms with van der Waals surface area (Å²) in [4.78, 5) is 2.54. The van der Waals surface area contributed by atoms with Crippen LogP contribution in [0.15, 0.2) is 146 Å². The Balaban J connectivity index is 1.19. The first-order valence-corrected chi connectivity index (χ1v) is 15.1. The van der Waals surface area contributed by atoms with Crippen LogP contribution in [-0.2, 0) is 0 Å². The predicted molar refractivity (Wildman–Crippen MR) is 182 cm³/mol. The summed E-state index contributed by atoms with van der Waals surface area (Å²) in [5.41, 5.74) is 7.03. The van der Waals surface area contributed by atoms with E-state index < -0.39 is 0 Å². The van der Waals surface area contributed by atoms with Gasteiger partial charge in [-0.2, -0.15) is 0 Å². The van der Waals surface area contributed by atoms with E-state index in [0.717, 1.165) is 39.7 Å². The Hall–Kier alpha value is -5.12. The van der Waals surface area contributed by atoms with Crippen molar-refractivity contribution >= 4 is 34.6 Å². The zero-order valence-electron chi connectivity index (χ0n) is 24.2. The molecule has 210 valence electrons. The highest BCUT2D eigenvalue weighted by Crippen LogP contribution is 2.33. The summed E-state index contributed by atoms with van der Waals surface area (Å²) in [6, 6.07) is 49.4. The van der Waals surface area contributed by atoms with E-state index in [1.807, 2.05) is 96.3 Å². The van der Waals surface area contributed by atoms with Gasteiger partial charge in [0.2, 0.25) is 0 Å². The largest absolute Gasteiger partial charge is 0.457 e. The van der Waals surface area contributed by atoms with Crippen molar-refractivity contribution in [2.45, 2.75) is 13.8 Å². The minimum Gasteiger partial charge on any atom is -0.457 e. The zero-order chi connectivity index (χ0) is 29.4. The topological polar surface area (TPSA) is 18.5 Å². The number of para-hydroxylation sites is 2. The highest BCUT2D eigenvalue weighted by Gasteiger charge is 2.09. The minimum atomic E-state index is 0.821. The van der Waals surface area contributed by atoms with Crippen LogP contribution in [-0.4, -0.2) is 0 Å². The highest BCUT2D eigenvalue weighted by atomic mass is 32.1. The van der Waals surface area contributed by atoms with Crippen LogP contribution in [0.1, 0.15) is 38.9 Å². The zero-order valence-corrected chi connectivity index (χ0v) is 25.1. The Morgan fingerprint density at radius 2 is 0.953 bits per heavy atom. The molecule has 0 bridgehead atoms. The first-order valence-electron chi connectivity index (χ1n) is 14.3. The molecule has 0 aliphatic rings. The first-order chi connectivity index (χ1) is 21.1. The normalized spacial score (nSPS) is 11.8. The van der Waals surface area contributed by atoms with Gasteiger partial charge in [0.1, 0.15) is 23.0 Å². The van der Waals surface area contributed by atoms with E-state index in [9.17, 15) is 0 Å². The molecule has 43 heavy (non-hydrogen) atoms. The minimum absolute atomic E-state index is 0.821. The van der Waals surface area contributed by atoms with Gasteiger partial charge in [-0.05, 0) is 114 Å². The molecule has 1 heterocycles. The second kappa shape index (κ2) is 13.2. The quantitative estimate of drug-likeness (QED) is 0.159. The van der Waals surface area contributed by atoms with Crippen LogP contribution in [0.4, 0.5) is 0 Å². The number of ether oxygens (including phenoxy) is 2. The first kappa shape index (κ1) is 28.0. The Kier molecular flexibility index (Phi) is 8.63. The van der Waals surface area contributed by atoms with Crippen LogP contribution in [0.2, 0.25) is 0 Å². The van der Waals surface area contributed by atoms with Gasteiger partial charge in [0.15, 0.2) is 0 Å². The fourth-order valence-corrected chi connectivity index (χ4v) is 5.71. The van der Waals surface area contributed by atoms with E-state index in [2.05, 4.69) is 86.7 Å². The van der Waals surface area contributed by atoms with Gasteiger partial charge in [-0.15, -0.1) is 11.3 Å². The Morgan fingerprint density at radius 3 is 1.44 bits per heavy atom. The lowest BCUT2D eigenvalue weighted by Crippen LogP contribution is -1.88. The van der Waals surface area contributed by atoms with Gasteiger partial charge >= 0.3 is 0 Å². The third-order valence-electron chi connectivity index (χ3n) is 7.07. The van der Waals surface area contributed by atoms with Crippen molar-refractivity contribution in [3.8, 4) is 23.0 Å². The van der Waals surface area contributed by atoms with Gasteiger partial charge in [-0.25, -0.2) is 0 Å². The van der Waals surface area contributed by atoms with E-state index in [1.54, 1.807) is 0 Å². The second-order valence-electron chi connectivity index (χ2n) is 10.3. The summed E-state index contributed by atoms with van der Waals surface area (Å²) in [6.45, 7) is 4.29. The number of thiophene rings is 1. The SMILES string of the molecule is C/C(=C/c1ccc(/C=C(\c2ccc(Oc3ccccc3)cc2)c2ccc(C)s2)cc1)c1ccc(Oc2ccccc2)cc1. The molecule has 0 N–H and O–H groups in total. The van der Waals surface area contributed by atoms with Crippen molar-refractivity contribution in [1.82, 2.24) is 0 Å². The summed E-state index contributed by atoms with van der Waals surface area (Å²) in [5.74, 6) is 3.32.